The Balaban J connectivity index is 2.68. The number of rotatable bonds is 12. The van der Waals surface area contributed by atoms with E-state index >= 15 is 0 Å². The maximum atomic E-state index is 11.2. The van der Waals surface area contributed by atoms with E-state index in [1.54, 1.807) is 0 Å². The van der Waals surface area contributed by atoms with Crippen molar-refractivity contribution >= 4 is 10.1 Å². The van der Waals surface area contributed by atoms with Crippen molar-refractivity contribution in [3.63, 3.8) is 0 Å². The molecule has 23 heavy (non-hydrogen) atoms. The van der Waals surface area contributed by atoms with Gasteiger partial charge in [-0.3, -0.25) is 4.55 Å². The molecule has 0 spiro atoms. The van der Waals surface area contributed by atoms with E-state index in [0.717, 1.165) is 12.8 Å². The summed E-state index contributed by atoms with van der Waals surface area (Å²) in [5.74, 6) is 0.499. The summed E-state index contributed by atoms with van der Waals surface area (Å²) in [5, 5.41) is 0. The molecule has 0 bridgehead atoms. The Morgan fingerprint density at radius 3 is 1.70 bits per heavy atom. The van der Waals surface area contributed by atoms with Gasteiger partial charge >= 0.3 is 0 Å². The molecule has 0 aliphatic heterocycles. The summed E-state index contributed by atoms with van der Waals surface area (Å²) >= 11 is 0. The number of unbranched alkanes of at least 4 members (excludes halogenated alkanes) is 6. The number of hydrogen-bond donors (Lipinski definition) is 1. The second kappa shape index (κ2) is 10.8. The molecule has 1 rings (SSSR count). The first-order valence-electron chi connectivity index (χ1n) is 9.06. The first-order chi connectivity index (χ1) is 11.0. The molecule has 0 saturated carbocycles. The van der Waals surface area contributed by atoms with Crippen molar-refractivity contribution in [3.8, 4) is 0 Å². The molecule has 3 nitrogen and oxygen atoms in total. The van der Waals surface area contributed by atoms with Gasteiger partial charge in [-0.15, -0.1) is 0 Å². The molecule has 0 unspecified atom stereocenters. The molecule has 1 aromatic carbocycles. The van der Waals surface area contributed by atoms with E-state index < -0.39 is 10.1 Å². The molecule has 0 aromatic heterocycles. The van der Waals surface area contributed by atoms with Gasteiger partial charge in [0.15, 0.2) is 0 Å². The minimum atomic E-state index is -4.09. The first kappa shape index (κ1) is 20.2. The normalized spacial score (nSPS) is 12.0. The molecule has 0 radical (unpaired) electrons. The van der Waals surface area contributed by atoms with Crippen LogP contribution in [0, 0.1) is 0 Å². The highest BCUT2D eigenvalue weighted by Gasteiger charge is 2.14. The molecule has 0 atom stereocenters. The van der Waals surface area contributed by atoms with Crippen LogP contribution < -0.4 is 0 Å². The highest BCUT2D eigenvalue weighted by atomic mass is 32.2. The van der Waals surface area contributed by atoms with Crippen LogP contribution in [0.4, 0.5) is 0 Å². The Hall–Kier alpha value is -0.870. The maximum absolute atomic E-state index is 11.2. The van der Waals surface area contributed by atoms with Gasteiger partial charge < -0.3 is 0 Å². The zero-order valence-electron chi connectivity index (χ0n) is 14.6. The minimum Gasteiger partial charge on any atom is -0.282 e. The largest absolute Gasteiger partial charge is 0.294 e. The second-order valence-electron chi connectivity index (χ2n) is 6.44. The fraction of sp³-hybridized carbons (Fsp3) is 0.684. The highest BCUT2D eigenvalue weighted by Crippen LogP contribution is 2.29. The van der Waals surface area contributed by atoms with Crippen LogP contribution in [0.3, 0.4) is 0 Å². The van der Waals surface area contributed by atoms with Gasteiger partial charge in [-0.2, -0.15) is 8.42 Å². The van der Waals surface area contributed by atoms with Crippen molar-refractivity contribution in [1.82, 2.24) is 0 Å². The van der Waals surface area contributed by atoms with E-state index in [1.807, 2.05) is 12.1 Å². The molecule has 0 aliphatic carbocycles. The molecule has 0 aliphatic rings. The predicted octanol–water partition coefficient (Wildman–Crippen LogP) is 5.96. The highest BCUT2D eigenvalue weighted by molar-refractivity contribution is 7.85. The quantitative estimate of drug-likeness (QED) is 0.377. The number of benzene rings is 1. The average Bonchev–Trinajstić information content (AvgIpc) is 2.53. The molecule has 1 N–H and O–H groups in total. The molecule has 132 valence electrons. The third-order valence-electron chi connectivity index (χ3n) is 4.46. The Morgan fingerprint density at radius 1 is 0.826 bits per heavy atom. The van der Waals surface area contributed by atoms with Gasteiger partial charge in [0.25, 0.3) is 10.1 Å². The van der Waals surface area contributed by atoms with Crippen LogP contribution >= 0.6 is 0 Å². The summed E-state index contributed by atoms with van der Waals surface area (Å²) < 4.78 is 31.4. The van der Waals surface area contributed by atoms with E-state index in [9.17, 15) is 8.42 Å². The lowest BCUT2D eigenvalue weighted by Gasteiger charge is -2.18. The summed E-state index contributed by atoms with van der Waals surface area (Å²) in [6.45, 7) is 4.44. The minimum absolute atomic E-state index is 0.0167. The zero-order chi connectivity index (χ0) is 17.1. The average molecular weight is 341 g/mol. The van der Waals surface area contributed by atoms with Crippen LogP contribution in [0.1, 0.15) is 89.5 Å². The van der Waals surface area contributed by atoms with Gasteiger partial charge in [0.1, 0.15) is 0 Å². The fourth-order valence-electron chi connectivity index (χ4n) is 3.02. The van der Waals surface area contributed by atoms with Crippen LogP contribution in [-0.2, 0) is 10.1 Å². The molecule has 1 aromatic rings. The zero-order valence-corrected chi connectivity index (χ0v) is 15.4. The van der Waals surface area contributed by atoms with E-state index in [0.29, 0.717) is 5.92 Å². The van der Waals surface area contributed by atoms with Gasteiger partial charge in [-0.1, -0.05) is 77.3 Å². The Morgan fingerprint density at radius 2 is 1.30 bits per heavy atom. The second-order valence-corrected chi connectivity index (χ2v) is 7.86. The lowest BCUT2D eigenvalue weighted by Crippen LogP contribution is -2.02. The predicted molar refractivity (Wildman–Crippen MR) is 96.5 cm³/mol. The molecule has 0 saturated heterocycles. The standard InChI is InChI=1S/C19H32O3S/c1-3-5-7-9-11-17(12-10-8-6-4-2)18-13-15-19(16-14-18)23(20,21)22/h13-17H,3-12H2,1-2H3,(H,20,21,22). The van der Waals surface area contributed by atoms with Crippen molar-refractivity contribution in [1.29, 1.82) is 0 Å². The lowest BCUT2D eigenvalue weighted by atomic mass is 9.88. The van der Waals surface area contributed by atoms with E-state index in [4.69, 9.17) is 4.55 Å². The fourth-order valence-corrected chi connectivity index (χ4v) is 3.50. The van der Waals surface area contributed by atoms with E-state index in [-0.39, 0.29) is 4.90 Å². The topological polar surface area (TPSA) is 54.4 Å². The van der Waals surface area contributed by atoms with Crippen LogP contribution in [0.2, 0.25) is 0 Å². The maximum Gasteiger partial charge on any atom is 0.294 e. The molecular weight excluding hydrogens is 308 g/mol. The van der Waals surface area contributed by atoms with Crippen LogP contribution in [-0.4, -0.2) is 13.0 Å². The van der Waals surface area contributed by atoms with Gasteiger partial charge in [-0.25, -0.2) is 0 Å². The van der Waals surface area contributed by atoms with Crippen molar-refractivity contribution < 1.29 is 13.0 Å². The van der Waals surface area contributed by atoms with Crippen LogP contribution in [0.25, 0.3) is 0 Å². The van der Waals surface area contributed by atoms with Crippen molar-refractivity contribution in [2.45, 2.75) is 88.9 Å². The molecule has 0 amide bonds. The molecule has 0 heterocycles. The third kappa shape index (κ3) is 7.98. The Labute approximate surface area is 142 Å². The Bertz CT molecular complexity index is 508. The van der Waals surface area contributed by atoms with Crippen LogP contribution in [0.15, 0.2) is 29.2 Å². The third-order valence-corrected chi connectivity index (χ3v) is 5.33. The van der Waals surface area contributed by atoms with E-state index in [2.05, 4.69) is 13.8 Å². The van der Waals surface area contributed by atoms with E-state index in [1.165, 1.54) is 69.1 Å². The smallest absolute Gasteiger partial charge is 0.282 e. The molecule has 0 fully saturated rings. The van der Waals surface area contributed by atoms with Gasteiger partial charge in [0.2, 0.25) is 0 Å². The summed E-state index contributed by atoms with van der Waals surface area (Å²) in [6.07, 6.45) is 12.4. The Kier molecular flexibility index (Phi) is 9.49. The van der Waals surface area contributed by atoms with Crippen molar-refractivity contribution in [2.24, 2.45) is 0 Å². The number of hydrogen-bond acceptors (Lipinski definition) is 2. The van der Waals surface area contributed by atoms with Gasteiger partial charge in [0, 0.05) is 0 Å². The lowest BCUT2D eigenvalue weighted by molar-refractivity contribution is 0.482. The molecular formula is C19H32O3S. The van der Waals surface area contributed by atoms with Crippen molar-refractivity contribution in [3.05, 3.63) is 29.8 Å². The summed E-state index contributed by atoms with van der Waals surface area (Å²) in [7, 11) is -4.09. The van der Waals surface area contributed by atoms with Gasteiger partial charge in [0.05, 0.1) is 4.90 Å². The SMILES string of the molecule is CCCCCCC(CCCCCC)c1ccc(S(=O)(=O)O)cc1. The molecule has 4 heteroatoms. The van der Waals surface area contributed by atoms with Crippen molar-refractivity contribution in [2.75, 3.05) is 0 Å². The van der Waals surface area contributed by atoms with Gasteiger partial charge in [-0.05, 0) is 36.5 Å². The van der Waals surface area contributed by atoms with Crippen LogP contribution in [0.5, 0.6) is 0 Å². The summed E-state index contributed by atoms with van der Waals surface area (Å²) in [5.41, 5.74) is 1.20. The summed E-state index contributed by atoms with van der Waals surface area (Å²) in [6, 6.07) is 6.78. The summed E-state index contributed by atoms with van der Waals surface area (Å²) in [4.78, 5) is -0.0167. The monoisotopic (exact) mass is 340 g/mol. The first-order valence-corrected chi connectivity index (χ1v) is 10.5.